The molecule has 0 atom stereocenters. The average molecular weight is 298 g/mol. The molecule has 1 saturated heterocycles. The third kappa shape index (κ3) is 2.28. The maximum atomic E-state index is 12.9. The Morgan fingerprint density at radius 1 is 1.00 bits per heavy atom. The third-order valence-corrected chi connectivity index (χ3v) is 5.38. The molecule has 1 aliphatic carbocycles. The van der Waals surface area contributed by atoms with Crippen molar-refractivity contribution in [2.75, 3.05) is 13.1 Å². The summed E-state index contributed by atoms with van der Waals surface area (Å²) in [7, 11) is 0. The summed E-state index contributed by atoms with van der Waals surface area (Å²) in [4.78, 5) is 23.6. The van der Waals surface area contributed by atoms with E-state index in [1.165, 1.54) is 38.5 Å². The molecule has 2 aromatic heterocycles. The summed E-state index contributed by atoms with van der Waals surface area (Å²) < 4.78 is 1.86. The van der Waals surface area contributed by atoms with Gasteiger partial charge in [0, 0.05) is 37.9 Å². The molecule has 1 spiro atoms. The standard InChI is InChI=1S/C17H22N4O/c22-16(14-15-19-9-12-20(15)11-8-18-14)21-10-4-7-17(13-21)5-2-1-3-6-17/h8-9,11-12H,1-7,10,13H2. The molecular weight excluding hydrogens is 276 g/mol. The Hall–Kier alpha value is -1.91. The van der Waals surface area contributed by atoms with Gasteiger partial charge in [-0.15, -0.1) is 0 Å². The lowest BCUT2D eigenvalue weighted by molar-refractivity contribution is 0.0381. The molecule has 0 N–H and O–H groups in total. The van der Waals surface area contributed by atoms with Gasteiger partial charge in [-0.3, -0.25) is 4.79 Å². The maximum Gasteiger partial charge on any atom is 0.276 e. The predicted molar refractivity (Wildman–Crippen MR) is 83.6 cm³/mol. The summed E-state index contributed by atoms with van der Waals surface area (Å²) in [6, 6.07) is 0. The molecule has 4 rings (SSSR count). The molecule has 0 unspecified atom stereocenters. The Morgan fingerprint density at radius 2 is 1.73 bits per heavy atom. The fourth-order valence-electron chi connectivity index (χ4n) is 4.25. The Labute approximate surface area is 130 Å². The van der Waals surface area contributed by atoms with Gasteiger partial charge in [-0.1, -0.05) is 19.3 Å². The third-order valence-electron chi connectivity index (χ3n) is 5.38. The number of carbonyl (C=O) groups excluding carboxylic acids is 1. The molecule has 0 radical (unpaired) electrons. The molecule has 5 heteroatoms. The molecule has 22 heavy (non-hydrogen) atoms. The van der Waals surface area contributed by atoms with Gasteiger partial charge in [0.25, 0.3) is 5.91 Å². The lowest BCUT2D eigenvalue weighted by Gasteiger charge is -2.45. The first-order valence-corrected chi connectivity index (χ1v) is 8.34. The second-order valence-corrected chi connectivity index (χ2v) is 6.82. The zero-order chi connectivity index (χ0) is 15.0. The number of hydrogen-bond acceptors (Lipinski definition) is 3. The van der Waals surface area contributed by atoms with E-state index in [0.29, 0.717) is 16.8 Å². The van der Waals surface area contributed by atoms with Gasteiger partial charge in [-0.2, -0.15) is 0 Å². The van der Waals surface area contributed by atoms with Crippen LogP contribution in [-0.4, -0.2) is 38.3 Å². The van der Waals surface area contributed by atoms with Crippen LogP contribution in [0.25, 0.3) is 5.65 Å². The molecule has 5 nitrogen and oxygen atoms in total. The molecule has 2 aliphatic rings. The first-order chi connectivity index (χ1) is 10.8. The number of hydrogen-bond donors (Lipinski definition) is 0. The van der Waals surface area contributed by atoms with Crippen LogP contribution in [0.4, 0.5) is 0 Å². The summed E-state index contributed by atoms with van der Waals surface area (Å²) in [6.45, 7) is 1.75. The van der Waals surface area contributed by atoms with Crippen LogP contribution in [0.2, 0.25) is 0 Å². The molecule has 3 heterocycles. The van der Waals surface area contributed by atoms with E-state index in [4.69, 9.17) is 0 Å². The van der Waals surface area contributed by atoms with Crippen LogP contribution in [0.15, 0.2) is 24.8 Å². The number of amides is 1. The van der Waals surface area contributed by atoms with Crippen molar-refractivity contribution < 1.29 is 4.79 Å². The van der Waals surface area contributed by atoms with Crippen molar-refractivity contribution in [1.29, 1.82) is 0 Å². The normalized spacial score (nSPS) is 21.4. The van der Waals surface area contributed by atoms with Crippen molar-refractivity contribution in [2.45, 2.75) is 44.9 Å². The highest BCUT2D eigenvalue weighted by Gasteiger charge is 2.38. The van der Waals surface area contributed by atoms with E-state index in [9.17, 15) is 4.79 Å². The molecule has 1 saturated carbocycles. The van der Waals surface area contributed by atoms with Gasteiger partial charge in [-0.05, 0) is 31.1 Å². The Morgan fingerprint density at radius 3 is 2.55 bits per heavy atom. The smallest absolute Gasteiger partial charge is 0.276 e. The Bertz CT molecular complexity index is 681. The topological polar surface area (TPSA) is 50.5 Å². The van der Waals surface area contributed by atoms with Crippen LogP contribution in [-0.2, 0) is 0 Å². The van der Waals surface area contributed by atoms with Crippen LogP contribution in [0.3, 0.4) is 0 Å². The van der Waals surface area contributed by atoms with Gasteiger partial charge in [0.15, 0.2) is 11.3 Å². The number of rotatable bonds is 1. The molecule has 0 aromatic carbocycles. The van der Waals surface area contributed by atoms with E-state index in [1.54, 1.807) is 12.4 Å². The number of carbonyl (C=O) groups is 1. The van der Waals surface area contributed by atoms with E-state index in [-0.39, 0.29) is 5.91 Å². The van der Waals surface area contributed by atoms with E-state index >= 15 is 0 Å². The monoisotopic (exact) mass is 298 g/mol. The minimum atomic E-state index is 0.0430. The van der Waals surface area contributed by atoms with Crippen molar-refractivity contribution in [1.82, 2.24) is 19.3 Å². The highest BCUT2D eigenvalue weighted by molar-refractivity contribution is 5.97. The molecule has 1 amide bonds. The summed E-state index contributed by atoms with van der Waals surface area (Å²) in [5.74, 6) is 0.0430. The zero-order valence-corrected chi connectivity index (χ0v) is 12.9. The van der Waals surface area contributed by atoms with E-state index in [1.807, 2.05) is 21.7 Å². The lowest BCUT2D eigenvalue weighted by Crippen LogP contribution is -2.47. The predicted octanol–water partition coefficient (Wildman–Crippen LogP) is 2.92. The number of nitrogens with zero attached hydrogens (tertiary/aromatic N) is 4. The molecule has 2 aromatic rings. The fraction of sp³-hybridized carbons (Fsp3) is 0.588. The summed E-state index contributed by atoms with van der Waals surface area (Å²) in [5, 5.41) is 0. The van der Waals surface area contributed by atoms with Gasteiger partial charge in [0.2, 0.25) is 0 Å². The van der Waals surface area contributed by atoms with Gasteiger partial charge in [0.1, 0.15) is 0 Å². The van der Waals surface area contributed by atoms with Crippen LogP contribution in [0, 0.1) is 5.41 Å². The molecular formula is C17H22N4O. The number of aromatic nitrogens is 3. The zero-order valence-electron chi connectivity index (χ0n) is 12.9. The van der Waals surface area contributed by atoms with E-state index < -0.39 is 0 Å². The molecule has 116 valence electrons. The van der Waals surface area contributed by atoms with E-state index in [0.717, 1.165) is 19.5 Å². The second kappa shape index (κ2) is 5.38. The van der Waals surface area contributed by atoms with Crippen molar-refractivity contribution in [3.05, 3.63) is 30.5 Å². The number of imidazole rings is 1. The van der Waals surface area contributed by atoms with Gasteiger partial charge < -0.3 is 9.30 Å². The van der Waals surface area contributed by atoms with Crippen molar-refractivity contribution in [3.63, 3.8) is 0 Å². The Balaban J connectivity index is 1.61. The van der Waals surface area contributed by atoms with Crippen LogP contribution >= 0.6 is 0 Å². The molecule has 0 bridgehead atoms. The van der Waals surface area contributed by atoms with Crippen molar-refractivity contribution in [3.8, 4) is 0 Å². The minimum Gasteiger partial charge on any atom is -0.337 e. The lowest BCUT2D eigenvalue weighted by atomic mass is 9.69. The van der Waals surface area contributed by atoms with Crippen molar-refractivity contribution >= 4 is 11.6 Å². The largest absolute Gasteiger partial charge is 0.337 e. The number of piperidine rings is 1. The summed E-state index contributed by atoms with van der Waals surface area (Å²) >= 11 is 0. The van der Waals surface area contributed by atoms with E-state index in [2.05, 4.69) is 9.97 Å². The number of likely N-dealkylation sites (tertiary alicyclic amines) is 1. The SMILES string of the molecule is O=C(c1nccn2ccnc12)N1CCCC2(CCCCC2)C1. The minimum absolute atomic E-state index is 0.0430. The maximum absolute atomic E-state index is 12.9. The van der Waals surface area contributed by atoms with Gasteiger partial charge in [-0.25, -0.2) is 9.97 Å². The number of fused-ring (bicyclic) bond motifs is 1. The second-order valence-electron chi connectivity index (χ2n) is 6.82. The van der Waals surface area contributed by atoms with Crippen molar-refractivity contribution in [2.24, 2.45) is 5.41 Å². The fourth-order valence-corrected chi connectivity index (χ4v) is 4.25. The van der Waals surface area contributed by atoms with Crippen LogP contribution in [0.1, 0.15) is 55.4 Å². The quantitative estimate of drug-likeness (QED) is 0.813. The Kier molecular flexibility index (Phi) is 3.36. The first kappa shape index (κ1) is 13.7. The van der Waals surface area contributed by atoms with Crippen LogP contribution in [0.5, 0.6) is 0 Å². The van der Waals surface area contributed by atoms with Gasteiger partial charge in [0.05, 0.1) is 0 Å². The molecule has 1 aliphatic heterocycles. The summed E-state index contributed by atoms with van der Waals surface area (Å²) in [5.41, 5.74) is 1.52. The highest BCUT2D eigenvalue weighted by Crippen LogP contribution is 2.43. The highest BCUT2D eigenvalue weighted by atomic mass is 16.2. The van der Waals surface area contributed by atoms with Crippen LogP contribution < -0.4 is 0 Å². The molecule has 2 fully saturated rings. The first-order valence-electron chi connectivity index (χ1n) is 8.34. The summed E-state index contributed by atoms with van der Waals surface area (Å²) in [6.07, 6.45) is 16.0. The average Bonchev–Trinajstić information content (AvgIpc) is 3.03. The van der Waals surface area contributed by atoms with Gasteiger partial charge >= 0.3 is 0 Å².